The molecule has 37 heavy (non-hydrogen) atoms. The first kappa shape index (κ1) is 30.4. The normalized spacial score (nSPS) is 10.9. The van der Waals surface area contributed by atoms with E-state index in [-0.39, 0.29) is 5.91 Å². The highest BCUT2D eigenvalue weighted by molar-refractivity contribution is 5.92. The molecule has 0 saturated heterocycles. The van der Waals surface area contributed by atoms with Gasteiger partial charge in [0.25, 0.3) is 0 Å². The van der Waals surface area contributed by atoms with Crippen molar-refractivity contribution in [2.45, 2.75) is 78.1 Å². The minimum atomic E-state index is 0.0481. The second-order valence-electron chi connectivity index (χ2n) is 9.45. The van der Waals surface area contributed by atoms with Gasteiger partial charge >= 0.3 is 0 Å². The van der Waals surface area contributed by atoms with E-state index in [2.05, 4.69) is 24.5 Å². The minimum Gasteiger partial charge on any atom is -0.493 e. The van der Waals surface area contributed by atoms with Gasteiger partial charge in [-0.1, -0.05) is 52.4 Å². The molecule has 0 fully saturated rings. The number of fused-ring (bicyclic) bond motifs is 1. The van der Waals surface area contributed by atoms with Gasteiger partial charge in [0, 0.05) is 51.1 Å². The van der Waals surface area contributed by atoms with Crippen molar-refractivity contribution >= 4 is 28.6 Å². The molecule has 1 heterocycles. The Morgan fingerprint density at radius 1 is 0.946 bits per heavy atom. The lowest BCUT2D eigenvalue weighted by Gasteiger charge is -2.18. The summed E-state index contributed by atoms with van der Waals surface area (Å²) in [5, 5.41) is 7.83. The largest absolute Gasteiger partial charge is 0.493 e. The van der Waals surface area contributed by atoms with E-state index in [9.17, 15) is 4.79 Å². The molecule has 1 amide bonds. The molecule has 0 aliphatic carbocycles. The quantitative estimate of drug-likeness (QED) is 0.206. The fraction of sp³-hybridized carbons (Fsp3) is 0.679. The Morgan fingerprint density at radius 3 is 2.30 bits per heavy atom. The van der Waals surface area contributed by atoms with E-state index in [1.54, 1.807) is 19.1 Å². The number of rotatable bonds is 20. The van der Waals surface area contributed by atoms with E-state index in [0.29, 0.717) is 50.0 Å². The topological polar surface area (TPSA) is 115 Å². The predicted molar refractivity (Wildman–Crippen MR) is 153 cm³/mol. The van der Waals surface area contributed by atoms with Crippen LogP contribution < -0.4 is 25.8 Å². The predicted octanol–water partition coefficient (Wildman–Crippen LogP) is 5.20. The number of carbonyl (C=O) groups excluding carboxylic acids is 1. The molecule has 0 spiro atoms. The molecule has 0 atom stereocenters. The molecule has 9 nitrogen and oxygen atoms in total. The second kappa shape index (κ2) is 17.6. The monoisotopic (exact) mass is 516 g/mol. The fourth-order valence-electron chi connectivity index (χ4n) is 4.06. The van der Waals surface area contributed by atoms with E-state index in [0.717, 1.165) is 42.7 Å². The van der Waals surface area contributed by atoms with Crippen LogP contribution in [0.25, 0.3) is 10.9 Å². The standard InChI is InChI=1S/C28H48N6O3/c1-5-7-9-11-16-30-27-22-20-24(36-4)25(37-19-13-18-34(3)26(35)14-15-29)21-23(22)32-28(33-27)31-17-12-10-8-6-2/h20-21H,5-19,29H2,1-4H3,(H2,30,31,32,33). The van der Waals surface area contributed by atoms with Crippen LogP contribution in [0.5, 0.6) is 11.5 Å². The molecular formula is C28H48N6O3. The van der Waals surface area contributed by atoms with E-state index >= 15 is 0 Å². The van der Waals surface area contributed by atoms with E-state index in [4.69, 9.17) is 25.2 Å². The van der Waals surface area contributed by atoms with Crippen LogP contribution in [0.2, 0.25) is 0 Å². The smallest absolute Gasteiger partial charge is 0.225 e. The lowest BCUT2D eigenvalue weighted by molar-refractivity contribution is -0.129. The van der Waals surface area contributed by atoms with Crippen molar-refractivity contribution in [3.05, 3.63) is 12.1 Å². The van der Waals surface area contributed by atoms with Crippen LogP contribution in [0, 0.1) is 0 Å². The SMILES string of the molecule is CCCCCCNc1nc(NCCCCCC)c2cc(OC)c(OCCCN(C)C(=O)CCN)cc2n1. The van der Waals surface area contributed by atoms with Gasteiger partial charge in [-0.05, 0) is 25.3 Å². The van der Waals surface area contributed by atoms with Crippen LogP contribution in [-0.2, 0) is 4.79 Å². The number of nitrogens with zero attached hydrogens (tertiary/aromatic N) is 3. The zero-order chi connectivity index (χ0) is 26.9. The van der Waals surface area contributed by atoms with Gasteiger partial charge in [0.1, 0.15) is 5.82 Å². The van der Waals surface area contributed by atoms with Crippen molar-refractivity contribution in [2.75, 3.05) is 57.6 Å². The number of nitrogens with two attached hydrogens (primary N) is 1. The number of aromatic nitrogens is 2. The van der Waals surface area contributed by atoms with Crippen molar-refractivity contribution in [1.82, 2.24) is 14.9 Å². The third-order valence-electron chi connectivity index (χ3n) is 6.30. The van der Waals surface area contributed by atoms with E-state index < -0.39 is 0 Å². The Balaban J connectivity index is 2.16. The summed E-state index contributed by atoms with van der Waals surface area (Å²) in [5.74, 6) is 2.75. The molecule has 1 aromatic carbocycles. The average molecular weight is 517 g/mol. The third kappa shape index (κ3) is 10.6. The molecule has 0 aliphatic heterocycles. The number of ether oxygens (including phenoxy) is 2. The summed E-state index contributed by atoms with van der Waals surface area (Å²) in [6.45, 7) is 7.56. The van der Waals surface area contributed by atoms with Gasteiger partial charge in [0.2, 0.25) is 11.9 Å². The lowest BCUT2D eigenvalue weighted by Crippen LogP contribution is -2.30. The first-order valence-corrected chi connectivity index (χ1v) is 14.0. The van der Waals surface area contributed by atoms with Gasteiger partial charge < -0.3 is 30.7 Å². The Labute approximate surface area is 222 Å². The highest BCUT2D eigenvalue weighted by atomic mass is 16.5. The summed E-state index contributed by atoms with van der Waals surface area (Å²) < 4.78 is 11.7. The average Bonchev–Trinajstić information content (AvgIpc) is 2.90. The molecule has 2 rings (SSSR count). The number of nitrogens with one attached hydrogen (secondary N) is 2. The zero-order valence-corrected chi connectivity index (χ0v) is 23.4. The molecule has 0 saturated carbocycles. The number of carbonyl (C=O) groups is 1. The maximum atomic E-state index is 11.9. The molecule has 0 aliphatic rings. The number of amides is 1. The molecule has 9 heteroatoms. The molecular weight excluding hydrogens is 468 g/mol. The Kier molecular flexibility index (Phi) is 14.5. The van der Waals surface area contributed by atoms with Crippen molar-refractivity contribution in [3.8, 4) is 11.5 Å². The Hall–Kier alpha value is -2.81. The summed E-state index contributed by atoms with van der Waals surface area (Å²) in [6, 6.07) is 3.87. The van der Waals surface area contributed by atoms with Crippen molar-refractivity contribution in [3.63, 3.8) is 0 Å². The summed E-state index contributed by atoms with van der Waals surface area (Å²) in [7, 11) is 3.43. The van der Waals surface area contributed by atoms with Crippen molar-refractivity contribution in [2.24, 2.45) is 5.73 Å². The number of benzene rings is 1. The molecule has 0 radical (unpaired) electrons. The zero-order valence-electron chi connectivity index (χ0n) is 23.4. The van der Waals surface area contributed by atoms with E-state index in [1.165, 1.54) is 38.5 Å². The maximum absolute atomic E-state index is 11.9. The highest BCUT2D eigenvalue weighted by Gasteiger charge is 2.14. The summed E-state index contributed by atoms with van der Waals surface area (Å²) in [5.41, 5.74) is 6.28. The van der Waals surface area contributed by atoms with Crippen molar-refractivity contribution in [1.29, 1.82) is 0 Å². The van der Waals surface area contributed by atoms with Gasteiger partial charge in [-0.2, -0.15) is 4.98 Å². The number of anilines is 2. The number of hydrogen-bond acceptors (Lipinski definition) is 8. The van der Waals surface area contributed by atoms with Crippen LogP contribution in [0.3, 0.4) is 0 Å². The van der Waals surface area contributed by atoms with Crippen LogP contribution in [0.4, 0.5) is 11.8 Å². The van der Waals surface area contributed by atoms with Gasteiger partial charge in [0.05, 0.1) is 19.2 Å². The summed E-state index contributed by atoms with van der Waals surface area (Å²) in [4.78, 5) is 23.2. The van der Waals surface area contributed by atoms with Crippen molar-refractivity contribution < 1.29 is 14.3 Å². The molecule has 208 valence electrons. The molecule has 0 unspecified atom stereocenters. The second-order valence-corrected chi connectivity index (χ2v) is 9.45. The molecule has 4 N–H and O–H groups in total. The number of methoxy groups -OCH3 is 1. The first-order valence-electron chi connectivity index (χ1n) is 14.0. The fourth-order valence-corrected chi connectivity index (χ4v) is 4.06. The Bertz CT molecular complexity index is 940. The third-order valence-corrected chi connectivity index (χ3v) is 6.30. The lowest BCUT2D eigenvalue weighted by atomic mass is 10.2. The summed E-state index contributed by atoms with van der Waals surface area (Å²) in [6.07, 6.45) is 10.5. The summed E-state index contributed by atoms with van der Waals surface area (Å²) >= 11 is 0. The van der Waals surface area contributed by atoms with Gasteiger partial charge in [0.15, 0.2) is 11.5 Å². The minimum absolute atomic E-state index is 0.0481. The first-order chi connectivity index (χ1) is 18.0. The number of unbranched alkanes of at least 4 members (excludes halogenated alkanes) is 6. The van der Waals surface area contributed by atoms with Gasteiger partial charge in [-0.25, -0.2) is 4.98 Å². The van der Waals surface area contributed by atoms with E-state index in [1.807, 2.05) is 12.1 Å². The van der Waals surface area contributed by atoms with Gasteiger partial charge in [-0.15, -0.1) is 0 Å². The molecule has 2 aromatic rings. The Morgan fingerprint density at radius 2 is 1.65 bits per heavy atom. The van der Waals surface area contributed by atoms with Gasteiger partial charge in [-0.3, -0.25) is 4.79 Å². The molecule has 0 bridgehead atoms. The van der Waals surface area contributed by atoms with Crippen LogP contribution in [0.15, 0.2) is 12.1 Å². The maximum Gasteiger partial charge on any atom is 0.225 e. The van der Waals surface area contributed by atoms with Crippen LogP contribution in [0.1, 0.15) is 78.1 Å². The highest BCUT2D eigenvalue weighted by Crippen LogP contribution is 2.35. The number of hydrogen-bond donors (Lipinski definition) is 3. The molecule has 1 aromatic heterocycles. The van der Waals surface area contributed by atoms with Crippen LogP contribution >= 0.6 is 0 Å². The van der Waals surface area contributed by atoms with Crippen LogP contribution in [-0.4, -0.2) is 67.7 Å².